The minimum Gasteiger partial charge on any atom is -0.395 e. The molecule has 0 amide bonds. The molecular weight excluding hydrogens is 128 g/mol. The van der Waals surface area contributed by atoms with Crippen LogP contribution in [0.1, 0.15) is 6.42 Å². The standard InChI is InChI=1S/C7H16N2O/c10-7-6-9-4-1-2-8-3-5-9/h8,10H,1-7H2. The molecule has 60 valence electrons. The number of aliphatic hydroxyl groups excluding tert-OH is 1. The third-order valence-corrected chi connectivity index (χ3v) is 1.85. The van der Waals surface area contributed by atoms with E-state index in [1.807, 2.05) is 0 Å². The third-order valence-electron chi connectivity index (χ3n) is 1.85. The SMILES string of the molecule is OCCN1CCCNCC1. The zero-order chi connectivity index (χ0) is 7.23. The van der Waals surface area contributed by atoms with E-state index in [9.17, 15) is 0 Å². The van der Waals surface area contributed by atoms with Crippen molar-refractivity contribution in [2.45, 2.75) is 6.42 Å². The number of β-amino-alcohol motifs (C(OH)–C–C–N with tert-alkyl or cyclic N) is 1. The van der Waals surface area contributed by atoms with Crippen molar-refractivity contribution in [1.82, 2.24) is 10.2 Å². The summed E-state index contributed by atoms with van der Waals surface area (Å²) in [6.45, 7) is 5.54. The summed E-state index contributed by atoms with van der Waals surface area (Å²) in [6, 6.07) is 0. The van der Waals surface area contributed by atoms with Crippen molar-refractivity contribution in [1.29, 1.82) is 0 Å². The lowest BCUT2D eigenvalue weighted by Gasteiger charge is -2.16. The summed E-state index contributed by atoms with van der Waals surface area (Å²) in [7, 11) is 0. The van der Waals surface area contributed by atoms with Gasteiger partial charge in [0.25, 0.3) is 0 Å². The molecular formula is C7H16N2O. The first-order chi connectivity index (χ1) is 4.93. The van der Waals surface area contributed by atoms with Gasteiger partial charge in [-0.05, 0) is 19.5 Å². The molecule has 0 bridgehead atoms. The minimum absolute atomic E-state index is 0.292. The maximum Gasteiger partial charge on any atom is 0.0558 e. The van der Waals surface area contributed by atoms with E-state index in [1.54, 1.807) is 0 Å². The fourth-order valence-electron chi connectivity index (χ4n) is 1.27. The van der Waals surface area contributed by atoms with Gasteiger partial charge in [-0.2, -0.15) is 0 Å². The van der Waals surface area contributed by atoms with Crippen molar-refractivity contribution in [2.24, 2.45) is 0 Å². The molecule has 3 heteroatoms. The molecule has 1 aliphatic heterocycles. The van der Waals surface area contributed by atoms with Crippen molar-refractivity contribution >= 4 is 0 Å². The number of nitrogens with one attached hydrogen (secondary N) is 1. The Balaban J connectivity index is 2.15. The van der Waals surface area contributed by atoms with Gasteiger partial charge in [0.15, 0.2) is 0 Å². The molecule has 1 fully saturated rings. The second-order valence-electron chi connectivity index (χ2n) is 2.67. The Bertz CT molecular complexity index is 79.7. The van der Waals surface area contributed by atoms with Crippen molar-refractivity contribution in [3.8, 4) is 0 Å². The van der Waals surface area contributed by atoms with Crippen LogP contribution in [0, 0.1) is 0 Å². The second-order valence-corrected chi connectivity index (χ2v) is 2.67. The fraction of sp³-hybridized carbons (Fsp3) is 1.00. The zero-order valence-electron chi connectivity index (χ0n) is 6.34. The molecule has 0 unspecified atom stereocenters. The lowest BCUT2D eigenvalue weighted by molar-refractivity contribution is 0.204. The summed E-state index contributed by atoms with van der Waals surface area (Å²) in [4.78, 5) is 2.29. The van der Waals surface area contributed by atoms with E-state index >= 15 is 0 Å². The Morgan fingerprint density at radius 1 is 1.30 bits per heavy atom. The van der Waals surface area contributed by atoms with Gasteiger partial charge < -0.3 is 10.4 Å². The molecule has 1 saturated heterocycles. The quantitative estimate of drug-likeness (QED) is 0.536. The van der Waals surface area contributed by atoms with Crippen molar-refractivity contribution in [2.75, 3.05) is 39.3 Å². The monoisotopic (exact) mass is 144 g/mol. The van der Waals surface area contributed by atoms with Crippen molar-refractivity contribution in [3.63, 3.8) is 0 Å². The van der Waals surface area contributed by atoms with Crippen LogP contribution < -0.4 is 5.32 Å². The molecule has 10 heavy (non-hydrogen) atoms. The van der Waals surface area contributed by atoms with Crippen LogP contribution in [0.3, 0.4) is 0 Å². The Hall–Kier alpha value is -0.120. The van der Waals surface area contributed by atoms with E-state index in [-0.39, 0.29) is 0 Å². The van der Waals surface area contributed by atoms with Crippen LogP contribution in [0.2, 0.25) is 0 Å². The molecule has 0 aromatic carbocycles. The molecule has 0 atom stereocenters. The highest BCUT2D eigenvalue weighted by atomic mass is 16.3. The molecule has 0 aromatic heterocycles. The van der Waals surface area contributed by atoms with Crippen LogP contribution in [0.5, 0.6) is 0 Å². The predicted octanol–water partition coefficient (Wildman–Crippen LogP) is -0.726. The fourth-order valence-corrected chi connectivity index (χ4v) is 1.27. The maximum atomic E-state index is 8.65. The van der Waals surface area contributed by atoms with Gasteiger partial charge in [0.1, 0.15) is 0 Å². The Morgan fingerprint density at radius 3 is 3.00 bits per heavy atom. The molecule has 1 rings (SSSR count). The van der Waals surface area contributed by atoms with Gasteiger partial charge in [-0.15, -0.1) is 0 Å². The van der Waals surface area contributed by atoms with E-state index in [0.29, 0.717) is 6.61 Å². The van der Waals surface area contributed by atoms with Gasteiger partial charge >= 0.3 is 0 Å². The second kappa shape index (κ2) is 4.66. The number of hydrogen-bond donors (Lipinski definition) is 2. The highest BCUT2D eigenvalue weighted by Crippen LogP contribution is 1.92. The van der Waals surface area contributed by atoms with Crippen molar-refractivity contribution < 1.29 is 5.11 Å². The number of hydrogen-bond acceptors (Lipinski definition) is 3. The normalized spacial score (nSPS) is 22.5. The first-order valence-corrected chi connectivity index (χ1v) is 3.97. The summed E-state index contributed by atoms with van der Waals surface area (Å²) >= 11 is 0. The number of nitrogens with zero attached hydrogens (tertiary/aromatic N) is 1. The summed E-state index contributed by atoms with van der Waals surface area (Å²) in [5.74, 6) is 0. The Labute approximate surface area is 62.0 Å². The van der Waals surface area contributed by atoms with Gasteiger partial charge in [-0.3, -0.25) is 4.90 Å². The van der Waals surface area contributed by atoms with Crippen LogP contribution in [0.15, 0.2) is 0 Å². The predicted molar refractivity (Wildman–Crippen MR) is 41.0 cm³/mol. The molecule has 0 saturated carbocycles. The number of aliphatic hydroxyl groups is 1. The Kier molecular flexibility index (Phi) is 3.72. The third kappa shape index (κ3) is 2.64. The van der Waals surface area contributed by atoms with E-state index in [0.717, 1.165) is 32.7 Å². The maximum absolute atomic E-state index is 8.65. The first kappa shape index (κ1) is 7.98. The highest BCUT2D eigenvalue weighted by Gasteiger charge is 2.05. The smallest absolute Gasteiger partial charge is 0.0558 e. The van der Waals surface area contributed by atoms with Gasteiger partial charge in [0.05, 0.1) is 6.61 Å². The summed E-state index contributed by atoms with van der Waals surface area (Å²) < 4.78 is 0. The van der Waals surface area contributed by atoms with Gasteiger partial charge in [0.2, 0.25) is 0 Å². The molecule has 0 aromatic rings. The van der Waals surface area contributed by atoms with Gasteiger partial charge in [-0.25, -0.2) is 0 Å². The molecule has 2 N–H and O–H groups in total. The molecule has 0 spiro atoms. The first-order valence-electron chi connectivity index (χ1n) is 3.97. The van der Waals surface area contributed by atoms with Crippen LogP contribution in [-0.4, -0.2) is 49.3 Å². The largest absolute Gasteiger partial charge is 0.395 e. The van der Waals surface area contributed by atoms with Crippen LogP contribution in [0.4, 0.5) is 0 Å². The molecule has 0 radical (unpaired) electrons. The van der Waals surface area contributed by atoms with Gasteiger partial charge in [-0.1, -0.05) is 0 Å². The van der Waals surface area contributed by atoms with E-state index in [2.05, 4.69) is 10.2 Å². The van der Waals surface area contributed by atoms with Crippen LogP contribution >= 0.6 is 0 Å². The zero-order valence-corrected chi connectivity index (χ0v) is 6.34. The van der Waals surface area contributed by atoms with E-state index in [4.69, 9.17) is 5.11 Å². The highest BCUT2D eigenvalue weighted by molar-refractivity contribution is 4.64. The topological polar surface area (TPSA) is 35.5 Å². The molecule has 3 nitrogen and oxygen atoms in total. The average molecular weight is 144 g/mol. The summed E-state index contributed by atoms with van der Waals surface area (Å²) in [5.41, 5.74) is 0. The minimum atomic E-state index is 0.292. The average Bonchev–Trinajstić information content (AvgIpc) is 2.17. The number of rotatable bonds is 2. The van der Waals surface area contributed by atoms with Crippen molar-refractivity contribution in [3.05, 3.63) is 0 Å². The van der Waals surface area contributed by atoms with Crippen LogP contribution in [-0.2, 0) is 0 Å². The summed E-state index contributed by atoms with van der Waals surface area (Å²) in [6.07, 6.45) is 1.21. The van der Waals surface area contributed by atoms with Crippen LogP contribution in [0.25, 0.3) is 0 Å². The van der Waals surface area contributed by atoms with E-state index < -0.39 is 0 Å². The molecule has 0 aliphatic carbocycles. The van der Waals surface area contributed by atoms with Gasteiger partial charge in [0, 0.05) is 19.6 Å². The lowest BCUT2D eigenvalue weighted by atomic mass is 10.4. The Morgan fingerprint density at radius 2 is 2.20 bits per heavy atom. The lowest BCUT2D eigenvalue weighted by Crippen LogP contribution is -2.30. The molecule has 1 aliphatic rings. The summed E-state index contributed by atoms with van der Waals surface area (Å²) in [5, 5.41) is 12.0. The molecule has 1 heterocycles. The van der Waals surface area contributed by atoms with E-state index in [1.165, 1.54) is 6.42 Å².